The molecule has 0 aromatic heterocycles. The number of nitroso groups, excluding NO2 is 1. The van der Waals surface area contributed by atoms with Crippen LogP contribution in [0.5, 0.6) is 0 Å². The normalized spacial score (nSPS) is 9.14. The standard InChI is InChI=1S/C6H4N2O3.C6H6N2O2/c9-7-5-3-1-2-4-6(5)8(10)11;7-5-3-1-2-4-6(5)8(9)10/h1-4H;1-4H,7H2. The summed E-state index contributed by atoms with van der Waals surface area (Å²) in [5, 5.41) is 22.8. The molecule has 2 N–H and O–H groups in total. The molecule has 0 aliphatic rings. The maximum absolute atomic E-state index is 10.2. The average Bonchev–Trinajstić information content (AvgIpc) is 2.48. The predicted octanol–water partition coefficient (Wildman–Crippen LogP) is 3.17. The van der Waals surface area contributed by atoms with E-state index in [2.05, 4.69) is 5.18 Å². The van der Waals surface area contributed by atoms with Gasteiger partial charge in [0.25, 0.3) is 11.4 Å². The van der Waals surface area contributed by atoms with Crippen molar-refractivity contribution in [2.75, 3.05) is 5.73 Å². The molecular weight excluding hydrogens is 280 g/mol. The number of benzene rings is 2. The molecule has 0 heterocycles. The predicted molar refractivity (Wildman–Crippen MR) is 76.1 cm³/mol. The van der Waals surface area contributed by atoms with Crippen molar-refractivity contribution in [2.24, 2.45) is 5.18 Å². The molecule has 0 aliphatic carbocycles. The zero-order chi connectivity index (χ0) is 15.8. The second-order valence-electron chi connectivity index (χ2n) is 3.65. The molecule has 2 rings (SSSR count). The van der Waals surface area contributed by atoms with Gasteiger partial charge in [-0.05, 0) is 17.3 Å². The molecule has 0 saturated heterocycles. The van der Waals surface area contributed by atoms with Crippen molar-refractivity contribution >= 4 is 22.7 Å². The molecule has 0 bridgehead atoms. The van der Waals surface area contributed by atoms with Crippen LogP contribution in [0, 0.1) is 25.1 Å². The first-order valence-corrected chi connectivity index (χ1v) is 5.53. The van der Waals surface area contributed by atoms with E-state index >= 15 is 0 Å². The third kappa shape index (κ3) is 4.35. The maximum atomic E-state index is 10.2. The zero-order valence-corrected chi connectivity index (χ0v) is 10.6. The summed E-state index contributed by atoms with van der Waals surface area (Å²) in [6, 6.07) is 11.6. The third-order valence-corrected chi connectivity index (χ3v) is 2.31. The van der Waals surface area contributed by atoms with Gasteiger partial charge in [-0.1, -0.05) is 24.3 Å². The van der Waals surface area contributed by atoms with Crippen LogP contribution in [0.1, 0.15) is 0 Å². The number of nitrogen functional groups attached to an aromatic ring is 1. The highest BCUT2D eigenvalue weighted by atomic mass is 16.6. The van der Waals surface area contributed by atoms with Crippen LogP contribution in [0.4, 0.5) is 22.7 Å². The molecule has 108 valence electrons. The van der Waals surface area contributed by atoms with E-state index in [1.165, 1.54) is 36.4 Å². The van der Waals surface area contributed by atoms with Crippen LogP contribution in [0.2, 0.25) is 0 Å². The molecule has 0 saturated carbocycles. The van der Waals surface area contributed by atoms with Crippen molar-refractivity contribution in [1.29, 1.82) is 0 Å². The van der Waals surface area contributed by atoms with Gasteiger partial charge >= 0.3 is 0 Å². The molecule has 0 amide bonds. The zero-order valence-electron chi connectivity index (χ0n) is 10.6. The summed E-state index contributed by atoms with van der Waals surface area (Å²) < 4.78 is 0. The highest BCUT2D eigenvalue weighted by molar-refractivity contribution is 5.57. The first kappa shape index (κ1) is 15.7. The van der Waals surface area contributed by atoms with Crippen molar-refractivity contribution in [3.05, 3.63) is 73.7 Å². The number of nitro groups is 2. The molecule has 0 radical (unpaired) electrons. The lowest BCUT2D eigenvalue weighted by atomic mass is 10.3. The van der Waals surface area contributed by atoms with E-state index in [0.29, 0.717) is 0 Å². The fourth-order valence-corrected chi connectivity index (χ4v) is 1.35. The second-order valence-corrected chi connectivity index (χ2v) is 3.65. The van der Waals surface area contributed by atoms with Gasteiger partial charge in [0.05, 0.1) is 9.85 Å². The van der Waals surface area contributed by atoms with Crippen LogP contribution in [0.3, 0.4) is 0 Å². The number of nitrogens with zero attached hydrogens (tertiary/aromatic N) is 3. The van der Waals surface area contributed by atoms with Crippen LogP contribution < -0.4 is 5.73 Å². The lowest BCUT2D eigenvalue weighted by molar-refractivity contribution is -0.384. The van der Waals surface area contributed by atoms with E-state index < -0.39 is 9.85 Å². The first-order chi connectivity index (χ1) is 9.97. The Kier molecular flexibility index (Phi) is 5.44. The van der Waals surface area contributed by atoms with Crippen molar-refractivity contribution in [2.45, 2.75) is 0 Å². The smallest absolute Gasteiger partial charge is 0.298 e. The lowest BCUT2D eigenvalue weighted by Gasteiger charge is -1.92. The van der Waals surface area contributed by atoms with Gasteiger partial charge in [0, 0.05) is 12.1 Å². The minimum absolute atomic E-state index is 0.0394. The van der Waals surface area contributed by atoms with E-state index in [1.807, 2.05) is 0 Å². The molecule has 9 nitrogen and oxygen atoms in total. The van der Waals surface area contributed by atoms with E-state index in [1.54, 1.807) is 12.1 Å². The molecule has 0 fully saturated rings. The van der Waals surface area contributed by atoms with Gasteiger partial charge in [-0.3, -0.25) is 20.2 Å². The van der Waals surface area contributed by atoms with Crippen LogP contribution in [-0.2, 0) is 0 Å². The minimum Gasteiger partial charge on any atom is -0.393 e. The van der Waals surface area contributed by atoms with Gasteiger partial charge in [-0.25, -0.2) is 0 Å². The molecular formula is C12H10N4O5. The Morgan fingerprint density at radius 3 is 1.71 bits per heavy atom. The Morgan fingerprint density at radius 2 is 1.33 bits per heavy atom. The average molecular weight is 290 g/mol. The highest BCUT2D eigenvalue weighted by Crippen LogP contribution is 2.25. The number of nitro benzene ring substituents is 2. The Morgan fingerprint density at radius 1 is 0.857 bits per heavy atom. The van der Waals surface area contributed by atoms with Crippen molar-refractivity contribution in [3.8, 4) is 0 Å². The van der Waals surface area contributed by atoms with Crippen LogP contribution in [0.15, 0.2) is 53.7 Å². The number of para-hydroxylation sites is 3. The Hall–Kier alpha value is -3.36. The number of hydrogen-bond acceptors (Lipinski definition) is 7. The summed E-state index contributed by atoms with van der Waals surface area (Å²) >= 11 is 0. The largest absolute Gasteiger partial charge is 0.393 e. The van der Waals surface area contributed by atoms with Gasteiger partial charge < -0.3 is 5.73 Å². The summed E-state index contributed by atoms with van der Waals surface area (Å²) in [6.45, 7) is 0. The Balaban J connectivity index is 0.000000211. The van der Waals surface area contributed by atoms with Crippen molar-refractivity contribution < 1.29 is 9.85 Å². The molecule has 9 heteroatoms. The monoisotopic (exact) mass is 290 g/mol. The van der Waals surface area contributed by atoms with Crippen LogP contribution in [0.25, 0.3) is 0 Å². The number of hydrogen-bond donors (Lipinski definition) is 1. The summed E-state index contributed by atoms with van der Waals surface area (Å²) in [5.74, 6) is 0. The maximum Gasteiger partial charge on any atom is 0.298 e. The molecule has 0 aliphatic heterocycles. The summed E-state index contributed by atoms with van der Waals surface area (Å²) in [7, 11) is 0. The molecule has 0 spiro atoms. The lowest BCUT2D eigenvalue weighted by Crippen LogP contribution is -1.93. The molecule has 2 aromatic rings. The molecule has 0 unspecified atom stereocenters. The SMILES string of the molecule is Nc1ccccc1[N+](=O)[O-].O=Nc1ccccc1[N+](=O)[O-]. The topological polar surface area (TPSA) is 142 Å². The number of anilines is 1. The third-order valence-electron chi connectivity index (χ3n) is 2.31. The van der Waals surface area contributed by atoms with Gasteiger partial charge in [0.1, 0.15) is 5.69 Å². The Labute approximate surface area is 118 Å². The Bertz CT molecular complexity index is 674. The van der Waals surface area contributed by atoms with E-state index in [9.17, 15) is 25.1 Å². The molecule has 21 heavy (non-hydrogen) atoms. The van der Waals surface area contributed by atoms with Crippen LogP contribution in [-0.4, -0.2) is 9.85 Å². The van der Waals surface area contributed by atoms with Gasteiger partial charge in [0.15, 0.2) is 5.69 Å². The fourth-order valence-electron chi connectivity index (χ4n) is 1.35. The second kappa shape index (κ2) is 7.28. The summed E-state index contributed by atoms with van der Waals surface area (Å²) in [6.07, 6.45) is 0. The summed E-state index contributed by atoms with van der Waals surface area (Å²) in [5.41, 5.74) is 5.04. The van der Waals surface area contributed by atoms with E-state index in [-0.39, 0.29) is 22.7 Å². The number of rotatable bonds is 3. The van der Waals surface area contributed by atoms with E-state index in [4.69, 9.17) is 5.73 Å². The highest BCUT2D eigenvalue weighted by Gasteiger charge is 2.11. The molecule has 0 atom stereocenters. The van der Waals surface area contributed by atoms with Gasteiger partial charge in [0.2, 0.25) is 0 Å². The van der Waals surface area contributed by atoms with Crippen LogP contribution >= 0.6 is 0 Å². The van der Waals surface area contributed by atoms with E-state index in [0.717, 1.165) is 0 Å². The first-order valence-electron chi connectivity index (χ1n) is 5.53. The minimum atomic E-state index is -0.642. The summed E-state index contributed by atoms with van der Waals surface area (Å²) in [4.78, 5) is 29.2. The van der Waals surface area contributed by atoms with Gasteiger partial charge in [-0.2, -0.15) is 0 Å². The van der Waals surface area contributed by atoms with Gasteiger partial charge in [-0.15, -0.1) is 4.91 Å². The number of nitrogens with two attached hydrogens (primary N) is 1. The van der Waals surface area contributed by atoms with Crippen molar-refractivity contribution in [1.82, 2.24) is 0 Å². The molecule has 2 aromatic carbocycles. The quantitative estimate of drug-likeness (QED) is 0.398. The fraction of sp³-hybridized carbons (Fsp3) is 0. The van der Waals surface area contributed by atoms with Crippen molar-refractivity contribution in [3.63, 3.8) is 0 Å².